The standard InChI is InChI=1S/C16H12FNO4/c1-21-16(20)13(7-19)15-4-9(8-22-15)12-6-18-14-5-10(17)2-3-11(12)14/h2-8,13,18H,1H3. The van der Waals surface area contributed by atoms with Crippen molar-refractivity contribution >= 4 is 23.2 Å². The fourth-order valence-electron chi connectivity index (χ4n) is 2.36. The summed E-state index contributed by atoms with van der Waals surface area (Å²) in [7, 11) is 1.21. The van der Waals surface area contributed by atoms with Gasteiger partial charge in [0, 0.05) is 28.2 Å². The molecule has 1 N–H and O–H groups in total. The molecule has 1 aromatic carbocycles. The molecule has 0 radical (unpaired) electrons. The summed E-state index contributed by atoms with van der Waals surface area (Å²) >= 11 is 0. The minimum atomic E-state index is -1.10. The van der Waals surface area contributed by atoms with Gasteiger partial charge in [-0.25, -0.2) is 4.39 Å². The molecular weight excluding hydrogens is 289 g/mol. The Morgan fingerprint density at radius 1 is 1.41 bits per heavy atom. The summed E-state index contributed by atoms with van der Waals surface area (Å²) in [5.41, 5.74) is 2.13. The van der Waals surface area contributed by atoms with Crippen LogP contribution in [0.4, 0.5) is 4.39 Å². The predicted octanol–water partition coefficient (Wildman–Crippen LogP) is 3.02. The molecule has 5 nitrogen and oxygen atoms in total. The summed E-state index contributed by atoms with van der Waals surface area (Å²) < 4.78 is 23.1. The molecule has 0 fully saturated rings. The van der Waals surface area contributed by atoms with Crippen molar-refractivity contribution in [1.82, 2.24) is 4.98 Å². The number of halogens is 1. The Bertz CT molecular complexity index is 849. The van der Waals surface area contributed by atoms with Crippen LogP contribution in [0.1, 0.15) is 11.7 Å². The van der Waals surface area contributed by atoms with Gasteiger partial charge in [0.05, 0.1) is 13.4 Å². The van der Waals surface area contributed by atoms with Crippen molar-refractivity contribution in [3.63, 3.8) is 0 Å². The first-order valence-electron chi connectivity index (χ1n) is 6.52. The Kier molecular flexibility index (Phi) is 3.50. The first-order valence-corrected chi connectivity index (χ1v) is 6.52. The van der Waals surface area contributed by atoms with Crippen molar-refractivity contribution in [3.8, 4) is 11.1 Å². The van der Waals surface area contributed by atoms with E-state index in [0.717, 1.165) is 10.9 Å². The second-order valence-electron chi connectivity index (χ2n) is 4.77. The Morgan fingerprint density at radius 3 is 2.95 bits per heavy atom. The third-order valence-electron chi connectivity index (χ3n) is 3.47. The van der Waals surface area contributed by atoms with Gasteiger partial charge in [-0.3, -0.25) is 4.79 Å². The van der Waals surface area contributed by atoms with Crippen LogP contribution in [0.5, 0.6) is 0 Å². The highest BCUT2D eigenvalue weighted by Gasteiger charge is 2.25. The lowest BCUT2D eigenvalue weighted by Gasteiger charge is -2.03. The maximum Gasteiger partial charge on any atom is 0.323 e. The number of aromatic amines is 1. The highest BCUT2D eigenvalue weighted by atomic mass is 19.1. The van der Waals surface area contributed by atoms with E-state index < -0.39 is 11.9 Å². The number of aldehydes is 1. The van der Waals surface area contributed by atoms with Crippen LogP contribution in [0.3, 0.4) is 0 Å². The van der Waals surface area contributed by atoms with Crippen molar-refractivity contribution < 1.29 is 23.1 Å². The number of methoxy groups -OCH3 is 1. The van der Waals surface area contributed by atoms with Crippen LogP contribution in [0, 0.1) is 5.82 Å². The minimum absolute atomic E-state index is 0.202. The SMILES string of the molecule is COC(=O)C(C=O)c1cc(-c2c[nH]c3cc(F)ccc23)co1. The van der Waals surface area contributed by atoms with Crippen molar-refractivity contribution in [1.29, 1.82) is 0 Å². The molecule has 6 heteroatoms. The van der Waals surface area contributed by atoms with Gasteiger partial charge in [-0.05, 0) is 24.3 Å². The molecule has 22 heavy (non-hydrogen) atoms. The highest BCUT2D eigenvalue weighted by molar-refractivity contribution is 5.97. The summed E-state index contributed by atoms with van der Waals surface area (Å²) in [6, 6.07) is 6.01. The number of hydrogen-bond acceptors (Lipinski definition) is 4. The lowest BCUT2D eigenvalue weighted by atomic mass is 10.0. The molecule has 0 amide bonds. The Labute approximate surface area is 124 Å². The third kappa shape index (κ3) is 2.28. The molecule has 3 rings (SSSR count). The zero-order valence-electron chi connectivity index (χ0n) is 11.6. The van der Waals surface area contributed by atoms with Gasteiger partial charge in [0.15, 0.2) is 5.92 Å². The number of nitrogens with one attached hydrogen (secondary N) is 1. The number of aromatic nitrogens is 1. The number of benzene rings is 1. The fraction of sp³-hybridized carbons (Fsp3) is 0.125. The first-order chi connectivity index (χ1) is 10.6. The summed E-state index contributed by atoms with van der Waals surface area (Å²) in [5, 5.41) is 0.814. The zero-order chi connectivity index (χ0) is 15.7. The van der Waals surface area contributed by atoms with Crippen LogP contribution < -0.4 is 0 Å². The first kappa shape index (κ1) is 14.1. The summed E-state index contributed by atoms with van der Waals surface area (Å²) in [5.74, 6) is -1.91. The van der Waals surface area contributed by atoms with Crippen molar-refractivity contribution in [2.24, 2.45) is 0 Å². The maximum atomic E-state index is 13.2. The molecule has 1 atom stereocenters. The van der Waals surface area contributed by atoms with Crippen LogP contribution in [-0.2, 0) is 14.3 Å². The van der Waals surface area contributed by atoms with E-state index in [9.17, 15) is 14.0 Å². The molecule has 0 aliphatic carbocycles. The van der Waals surface area contributed by atoms with Crippen molar-refractivity contribution in [3.05, 3.63) is 48.3 Å². The van der Waals surface area contributed by atoms with Crippen LogP contribution in [-0.4, -0.2) is 24.3 Å². The van der Waals surface area contributed by atoms with Crippen molar-refractivity contribution in [2.75, 3.05) is 7.11 Å². The van der Waals surface area contributed by atoms with Gasteiger partial charge in [-0.15, -0.1) is 0 Å². The predicted molar refractivity (Wildman–Crippen MR) is 76.8 cm³/mol. The Morgan fingerprint density at radius 2 is 2.23 bits per heavy atom. The zero-order valence-corrected chi connectivity index (χ0v) is 11.6. The quantitative estimate of drug-likeness (QED) is 0.457. The number of esters is 1. The number of fused-ring (bicyclic) bond motifs is 1. The Balaban J connectivity index is 2.02. The van der Waals surface area contributed by atoms with E-state index in [1.165, 1.54) is 25.5 Å². The number of hydrogen-bond donors (Lipinski definition) is 1. The van der Waals surface area contributed by atoms with Crippen LogP contribution >= 0.6 is 0 Å². The molecule has 0 saturated heterocycles. The van der Waals surface area contributed by atoms with Gasteiger partial charge >= 0.3 is 5.97 Å². The van der Waals surface area contributed by atoms with E-state index in [2.05, 4.69) is 9.72 Å². The normalized spacial score (nSPS) is 12.3. The third-order valence-corrected chi connectivity index (χ3v) is 3.47. The van der Waals surface area contributed by atoms with E-state index in [4.69, 9.17) is 4.42 Å². The molecular formula is C16H12FNO4. The second kappa shape index (κ2) is 5.48. The van der Waals surface area contributed by atoms with Gasteiger partial charge in [-0.2, -0.15) is 0 Å². The smallest absolute Gasteiger partial charge is 0.323 e. The molecule has 0 saturated carbocycles. The van der Waals surface area contributed by atoms with E-state index >= 15 is 0 Å². The average molecular weight is 301 g/mol. The monoisotopic (exact) mass is 301 g/mol. The molecule has 3 aromatic rings. The van der Waals surface area contributed by atoms with Crippen molar-refractivity contribution in [2.45, 2.75) is 5.92 Å². The molecule has 0 bridgehead atoms. The molecule has 0 aliphatic heterocycles. The number of carbonyl (C=O) groups is 2. The van der Waals surface area contributed by atoms with Crippen LogP contribution in [0.15, 0.2) is 41.1 Å². The molecule has 0 spiro atoms. The lowest BCUT2D eigenvalue weighted by Crippen LogP contribution is -2.14. The number of carbonyl (C=O) groups excluding carboxylic acids is 2. The van der Waals surface area contributed by atoms with Gasteiger partial charge in [0.1, 0.15) is 17.9 Å². The second-order valence-corrected chi connectivity index (χ2v) is 4.77. The lowest BCUT2D eigenvalue weighted by molar-refractivity contribution is -0.144. The van der Waals surface area contributed by atoms with Gasteiger partial charge in [0.2, 0.25) is 0 Å². The number of furan rings is 1. The largest absolute Gasteiger partial charge is 0.468 e. The minimum Gasteiger partial charge on any atom is -0.468 e. The summed E-state index contributed by atoms with van der Waals surface area (Å²) in [4.78, 5) is 25.5. The average Bonchev–Trinajstić information content (AvgIpc) is 3.14. The molecule has 0 aliphatic rings. The van der Waals surface area contributed by atoms with Crippen LogP contribution in [0.2, 0.25) is 0 Å². The molecule has 2 heterocycles. The van der Waals surface area contributed by atoms with E-state index in [1.807, 2.05) is 0 Å². The summed E-state index contributed by atoms with van der Waals surface area (Å²) in [6.07, 6.45) is 3.63. The van der Waals surface area contributed by atoms with E-state index in [0.29, 0.717) is 17.4 Å². The molecule has 2 aromatic heterocycles. The maximum absolute atomic E-state index is 13.2. The van der Waals surface area contributed by atoms with Crippen LogP contribution in [0.25, 0.3) is 22.0 Å². The number of ether oxygens (including phenoxy) is 1. The summed E-state index contributed by atoms with van der Waals surface area (Å²) in [6.45, 7) is 0. The van der Waals surface area contributed by atoms with Gasteiger partial charge in [0.25, 0.3) is 0 Å². The highest BCUT2D eigenvalue weighted by Crippen LogP contribution is 2.32. The molecule has 1 unspecified atom stereocenters. The fourth-order valence-corrected chi connectivity index (χ4v) is 2.36. The number of rotatable bonds is 4. The number of H-pyrrole nitrogens is 1. The Hall–Kier alpha value is -2.89. The van der Waals surface area contributed by atoms with Gasteiger partial charge in [-0.1, -0.05) is 0 Å². The van der Waals surface area contributed by atoms with E-state index in [1.54, 1.807) is 18.3 Å². The van der Waals surface area contributed by atoms with Gasteiger partial charge < -0.3 is 18.9 Å². The topological polar surface area (TPSA) is 72.3 Å². The molecule has 112 valence electrons. The van der Waals surface area contributed by atoms with E-state index in [-0.39, 0.29) is 11.6 Å².